The number of hydrogen-bond donors (Lipinski definition) is 0. The Morgan fingerprint density at radius 2 is 1.69 bits per heavy atom. The molecule has 0 unspecified atom stereocenters. The van der Waals surface area contributed by atoms with E-state index in [0.717, 1.165) is 24.4 Å². The topological polar surface area (TPSA) is 65.6 Å². The lowest BCUT2D eigenvalue weighted by Crippen LogP contribution is -2.25. The number of hydrogen-bond acceptors (Lipinski definition) is 4. The summed E-state index contributed by atoms with van der Waals surface area (Å²) in [6.45, 7) is 0. The molecular weight excluding hydrogens is 404 g/mol. The molecule has 4 heterocycles. The fourth-order valence-corrected chi connectivity index (χ4v) is 3.09. The van der Waals surface area contributed by atoms with Gasteiger partial charge in [0.1, 0.15) is 11.3 Å². The molecule has 4 rings (SSSR count). The molecule has 150 valence electrons. The number of fused-ring (bicyclic) bond motifs is 3. The first-order valence-corrected chi connectivity index (χ1v) is 7.96. The van der Waals surface area contributed by atoms with E-state index in [4.69, 9.17) is 0 Å². The summed E-state index contributed by atoms with van der Waals surface area (Å²) in [4.78, 5) is 23.6. The summed E-state index contributed by atoms with van der Waals surface area (Å²) < 4.78 is 81.8. The second-order valence-corrected chi connectivity index (χ2v) is 6.13. The van der Waals surface area contributed by atoms with Crippen LogP contribution >= 0.6 is 0 Å². The highest BCUT2D eigenvalue weighted by Crippen LogP contribution is 2.34. The van der Waals surface area contributed by atoms with E-state index in [-0.39, 0.29) is 16.4 Å². The van der Waals surface area contributed by atoms with Crippen LogP contribution in [0.15, 0.2) is 41.6 Å². The van der Waals surface area contributed by atoms with Crippen LogP contribution in [0, 0.1) is 0 Å². The largest absolute Gasteiger partial charge is 0.435 e. The lowest BCUT2D eigenvalue weighted by molar-refractivity contribution is -0.142. The molecule has 4 aromatic rings. The number of aryl methyl sites for hydroxylation is 1. The number of imidazole rings is 1. The van der Waals surface area contributed by atoms with E-state index in [1.54, 1.807) is 0 Å². The maximum absolute atomic E-state index is 13.5. The van der Waals surface area contributed by atoms with Crippen LogP contribution in [0.2, 0.25) is 0 Å². The lowest BCUT2D eigenvalue weighted by Gasteiger charge is -2.16. The summed E-state index contributed by atoms with van der Waals surface area (Å²) in [5, 5.41) is 0.0320. The summed E-state index contributed by atoms with van der Waals surface area (Å²) in [6.07, 6.45) is -7.71. The molecule has 0 N–H and O–H groups in total. The first-order chi connectivity index (χ1) is 13.5. The van der Waals surface area contributed by atoms with Crippen LogP contribution in [0.3, 0.4) is 0 Å². The Bertz CT molecular complexity index is 1320. The van der Waals surface area contributed by atoms with Gasteiger partial charge in [-0.05, 0) is 24.3 Å². The highest BCUT2D eigenvalue weighted by Gasteiger charge is 2.37. The fraction of sp³-hybridized carbons (Fsp3) is 0.176. The average Bonchev–Trinajstić information content (AvgIpc) is 3.02. The van der Waals surface area contributed by atoms with Crippen LogP contribution in [0.4, 0.5) is 26.3 Å². The Morgan fingerprint density at radius 3 is 2.34 bits per heavy atom. The number of alkyl halides is 6. The van der Waals surface area contributed by atoms with E-state index in [9.17, 15) is 31.1 Å². The van der Waals surface area contributed by atoms with Crippen LogP contribution in [0.5, 0.6) is 0 Å². The summed E-state index contributed by atoms with van der Waals surface area (Å²) in [6, 6.07) is 3.82. The van der Waals surface area contributed by atoms with E-state index in [1.165, 1.54) is 17.9 Å². The first kappa shape index (κ1) is 18.9. The van der Waals surface area contributed by atoms with Crippen molar-refractivity contribution >= 4 is 22.1 Å². The molecule has 0 aliphatic carbocycles. The van der Waals surface area contributed by atoms with Gasteiger partial charge in [-0.25, -0.2) is 15.0 Å². The fourth-order valence-electron chi connectivity index (χ4n) is 3.09. The molecule has 0 aromatic carbocycles. The van der Waals surface area contributed by atoms with Crippen LogP contribution in [-0.4, -0.2) is 24.1 Å². The summed E-state index contributed by atoms with van der Waals surface area (Å²) in [5.74, 6) is 0. The molecule has 0 spiro atoms. The second kappa shape index (κ2) is 6.03. The normalized spacial score (nSPS) is 12.8. The summed E-state index contributed by atoms with van der Waals surface area (Å²) >= 11 is 0. The Kier molecular flexibility index (Phi) is 3.93. The molecule has 0 fully saturated rings. The molecule has 0 aliphatic heterocycles. The maximum Gasteiger partial charge on any atom is 0.435 e. The molecule has 0 saturated carbocycles. The van der Waals surface area contributed by atoms with E-state index >= 15 is 0 Å². The Labute approximate surface area is 157 Å². The number of pyridine rings is 3. The van der Waals surface area contributed by atoms with Crippen LogP contribution in [0.1, 0.15) is 11.4 Å². The Morgan fingerprint density at radius 1 is 0.966 bits per heavy atom. The average molecular weight is 413 g/mol. The van der Waals surface area contributed by atoms with Crippen molar-refractivity contribution in [3.05, 3.63) is 58.5 Å². The van der Waals surface area contributed by atoms with Crippen molar-refractivity contribution in [1.29, 1.82) is 0 Å². The number of halogens is 6. The molecule has 0 amide bonds. The van der Waals surface area contributed by atoms with Crippen LogP contribution in [-0.2, 0) is 19.4 Å². The zero-order valence-corrected chi connectivity index (χ0v) is 14.4. The minimum absolute atomic E-state index is 0.0320. The van der Waals surface area contributed by atoms with Crippen molar-refractivity contribution in [2.75, 3.05) is 0 Å². The SMILES string of the molecule is Cn1cnc2c(=O)n(-c3cccnc3C(F)(F)F)c3nc(C(F)(F)F)ccc3c21. The van der Waals surface area contributed by atoms with Crippen molar-refractivity contribution in [2.45, 2.75) is 12.4 Å². The maximum atomic E-state index is 13.5. The third kappa shape index (κ3) is 2.91. The van der Waals surface area contributed by atoms with Crippen LogP contribution < -0.4 is 5.56 Å². The highest BCUT2D eigenvalue weighted by atomic mass is 19.4. The molecule has 0 radical (unpaired) electrons. The lowest BCUT2D eigenvalue weighted by atomic mass is 10.2. The van der Waals surface area contributed by atoms with Gasteiger partial charge in [-0.3, -0.25) is 9.36 Å². The molecule has 0 bridgehead atoms. The van der Waals surface area contributed by atoms with Crippen molar-refractivity contribution < 1.29 is 26.3 Å². The number of nitrogens with zero attached hydrogens (tertiary/aromatic N) is 5. The van der Waals surface area contributed by atoms with Gasteiger partial charge < -0.3 is 4.57 Å². The molecule has 0 saturated heterocycles. The Balaban J connectivity index is 2.25. The van der Waals surface area contributed by atoms with Gasteiger partial charge in [0.25, 0.3) is 5.56 Å². The smallest absolute Gasteiger partial charge is 0.333 e. The highest BCUT2D eigenvalue weighted by molar-refractivity contribution is 6.01. The molecule has 4 aromatic heterocycles. The second-order valence-electron chi connectivity index (χ2n) is 6.13. The van der Waals surface area contributed by atoms with Gasteiger partial charge in [0, 0.05) is 18.6 Å². The van der Waals surface area contributed by atoms with Crippen LogP contribution in [0.25, 0.3) is 27.8 Å². The minimum Gasteiger partial charge on any atom is -0.333 e. The molecule has 29 heavy (non-hydrogen) atoms. The third-order valence-electron chi connectivity index (χ3n) is 4.27. The first-order valence-electron chi connectivity index (χ1n) is 7.96. The minimum atomic E-state index is -4.96. The van der Waals surface area contributed by atoms with Gasteiger partial charge in [-0.2, -0.15) is 26.3 Å². The summed E-state index contributed by atoms with van der Waals surface area (Å²) in [7, 11) is 1.50. The predicted molar refractivity (Wildman–Crippen MR) is 89.4 cm³/mol. The predicted octanol–water partition coefficient (Wildman–Crippen LogP) is 3.71. The monoisotopic (exact) mass is 413 g/mol. The molecule has 6 nitrogen and oxygen atoms in total. The van der Waals surface area contributed by atoms with Gasteiger partial charge in [-0.15, -0.1) is 0 Å². The Hall–Kier alpha value is -3.44. The van der Waals surface area contributed by atoms with E-state index in [1.807, 2.05) is 0 Å². The summed E-state index contributed by atoms with van der Waals surface area (Å²) in [5.41, 5.74) is -5.21. The van der Waals surface area contributed by atoms with Crippen molar-refractivity contribution in [3.8, 4) is 5.69 Å². The number of aromatic nitrogens is 5. The molecule has 0 atom stereocenters. The standard InChI is InChI=1S/C17H9F6N5O/c1-27-7-25-11-12(27)8-4-5-10(16(18,19)20)26-14(8)28(15(11)29)9-3-2-6-24-13(9)17(21,22)23/h2-7H,1H3. The van der Waals surface area contributed by atoms with E-state index in [2.05, 4.69) is 15.0 Å². The van der Waals surface area contributed by atoms with Gasteiger partial charge in [0.2, 0.25) is 0 Å². The zero-order valence-electron chi connectivity index (χ0n) is 14.4. The van der Waals surface area contributed by atoms with Crippen molar-refractivity contribution in [3.63, 3.8) is 0 Å². The quantitative estimate of drug-likeness (QED) is 0.447. The van der Waals surface area contributed by atoms with Crippen molar-refractivity contribution in [2.24, 2.45) is 7.05 Å². The molecular formula is C17H9F6N5O. The van der Waals surface area contributed by atoms with Gasteiger partial charge in [0.15, 0.2) is 11.2 Å². The van der Waals surface area contributed by atoms with Crippen molar-refractivity contribution in [1.82, 2.24) is 24.1 Å². The van der Waals surface area contributed by atoms with E-state index in [0.29, 0.717) is 10.6 Å². The van der Waals surface area contributed by atoms with Gasteiger partial charge in [-0.1, -0.05) is 0 Å². The molecule has 12 heteroatoms. The number of rotatable bonds is 1. The van der Waals surface area contributed by atoms with E-state index < -0.39 is 40.6 Å². The molecule has 0 aliphatic rings. The third-order valence-corrected chi connectivity index (χ3v) is 4.27. The van der Waals surface area contributed by atoms with Gasteiger partial charge in [0.05, 0.1) is 17.5 Å². The zero-order chi connectivity index (χ0) is 21.1. The van der Waals surface area contributed by atoms with Gasteiger partial charge >= 0.3 is 12.4 Å².